The molecule has 0 fully saturated rings. The molecule has 9 rings (SSSR count). The molecular formula is C33H21N. The van der Waals surface area contributed by atoms with Gasteiger partial charge in [-0.3, -0.25) is 0 Å². The van der Waals surface area contributed by atoms with E-state index >= 15 is 0 Å². The van der Waals surface area contributed by atoms with Crippen molar-refractivity contribution < 1.29 is 0 Å². The highest BCUT2D eigenvalue weighted by atomic mass is 15.0. The molecule has 2 aliphatic carbocycles. The van der Waals surface area contributed by atoms with E-state index in [1.807, 2.05) is 0 Å². The summed E-state index contributed by atoms with van der Waals surface area (Å²) in [7, 11) is 0. The van der Waals surface area contributed by atoms with Crippen molar-refractivity contribution in [1.29, 1.82) is 0 Å². The molecule has 3 aliphatic rings. The van der Waals surface area contributed by atoms with Gasteiger partial charge in [-0.15, -0.1) is 0 Å². The summed E-state index contributed by atoms with van der Waals surface area (Å²) in [4.78, 5) is 0. The first-order valence-electron chi connectivity index (χ1n) is 12.3. The summed E-state index contributed by atoms with van der Waals surface area (Å²) in [6.45, 7) is 0. The lowest BCUT2D eigenvalue weighted by Crippen LogP contribution is -2.08. The van der Waals surface area contributed by atoms with Crippen LogP contribution in [0.2, 0.25) is 0 Å². The Labute approximate surface area is 197 Å². The topological polar surface area (TPSA) is 4.93 Å². The van der Waals surface area contributed by atoms with E-state index < -0.39 is 0 Å². The number of aromatic nitrogens is 1. The molecule has 0 saturated heterocycles. The van der Waals surface area contributed by atoms with Crippen LogP contribution in [0.3, 0.4) is 0 Å². The fraction of sp³-hybridized carbons (Fsp3) is 0.0909. The zero-order chi connectivity index (χ0) is 22.0. The lowest BCUT2D eigenvalue weighted by atomic mass is 9.93. The first-order chi connectivity index (χ1) is 16.9. The van der Waals surface area contributed by atoms with E-state index in [1.54, 1.807) is 0 Å². The van der Waals surface area contributed by atoms with Crippen molar-refractivity contribution in [3.8, 4) is 27.9 Å². The number of nitrogens with zero attached hydrogens (tertiary/aromatic N) is 1. The Morgan fingerprint density at radius 2 is 1.15 bits per heavy atom. The summed E-state index contributed by atoms with van der Waals surface area (Å²) in [6, 6.07) is 34.4. The van der Waals surface area contributed by atoms with Crippen molar-refractivity contribution in [2.24, 2.45) is 0 Å². The average molecular weight is 432 g/mol. The monoisotopic (exact) mass is 431 g/mol. The van der Waals surface area contributed by atoms with Gasteiger partial charge < -0.3 is 4.57 Å². The minimum absolute atomic E-state index is 1.01. The van der Waals surface area contributed by atoms with E-state index in [0.29, 0.717) is 0 Å². The zero-order valence-corrected chi connectivity index (χ0v) is 18.7. The molecule has 6 aromatic rings. The summed E-state index contributed by atoms with van der Waals surface area (Å²) < 4.78 is 2.58. The Morgan fingerprint density at radius 1 is 0.441 bits per heavy atom. The quantitative estimate of drug-likeness (QED) is 0.231. The number of hydrogen-bond acceptors (Lipinski definition) is 0. The smallest absolute Gasteiger partial charge is 0.0582 e. The van der Waals surface area contributed by atoms with Crippen LogP contribution in [0.1, 0.15) is 33.4 Å². The first-order valence-corrected chi connectivity index (χ1v) is 12.3. The first kappa shape index (κ1) is 17.4. The molecule has 1 aliphatic heterocycles. The summed E-state index contributed by atoms with van der Waals surface area (Å²) in [5, 5.41) is 2.77. The maximum absolute atomic E-state index is 2.58. The number of hydrogen-bond donors (Lipinski definition) is 0. The second-order valence-corrected chi connectivity index (χ2v) is 10.1. The third-order valence-electron chi connectivity index (χ3n) is 8.44. The summed E-state index contributed by atoms with van der Waals surface area (Å²) in [6.07, 6.45) is 3.06. The van der Waals surface area contributed by atoms with Crippen molar-refractivity contribution in [3.63, 3.8) is 0 Å². The zero-order valence-electron chi connectivity index (χ0n) is 18.7. The van der Waals surface area contributed by atoms with Crippen LogP contribution in [0, 0.1) is 0 Å². The molecule has 158 valence electrons. The van der Waals surface area contributed by atoms with Crippen LogP contribution < -0.4 is 0 Å². The maximum atomic E-state index is 2.58. The molecule has 0 amide bonds. The molecule has 0 unspecified atom stereocenters. The number of benzene rings is 5. The normalized spacial score (nSPS) is 14.1. The third kappa shape index (κ3) is 1.94. The minimum Gasteiger partial charge on any atom is -0.308 e. The maximum Gasteiger partial charge on any atom is 0.0582 e. The van der Waals surface area contributed by atoms with E-state index in [1.165, 1.54) is 83.1 Å². The van der Waals surface area contributed by atoms with Gasteiger partial charge in [0.15, 0.2) is 0 Å². The number of fused-ring (bicyclic) bond motifs is 13. The van der Waals surface area contributed by atoms with Gasteiger partial charge in [-0.2, -0.15) is 0 Å². The summed E-state index contributed by atoms with van der Waals surface area (Å²) >= 11 is 0. The fourth-order valence-corrected chi connectivity index (χ4v) is 7.09. The lowest BCUT2D eigenvalue weighted by Gasteiger charge is -2.21. The van der Waals surface area contributed by atoms with Crippen LogP contribution in [-0.4, -0.2) is 4.57 Å². The van der Waals surface area contributed by atoms with Gasteiger partial charge in [-0.05, 0) is 68.1 Å². The van der Waals surface area contributed by atoms with Crippen molar-refractivity contribution in [2.45, 2.75) is 19.3 Å². The van der Waals surface area contributed by atoms with E-state index in [-0.39, 0.29) is 0 Å². The van der Waals surface area contributed by atoms with Crippen LogP contribution in [0.5, 0.6) is 0 Å². The average Bonchev–Trinajstić information content (AvgIpc) is 3.54. The standard InChI is InChI=1S/C33H21N/c1-3-9-24-19(6-1)16-21-12-13-22-18-28-25(31(22)30(21)24)14-15-27-26-10-5-8-23-17-20-7-2-4-11-29(20)34(32(23)26)33(27)28/h1-15H,16-18H2. The molecule has 34 heavy (non-hydrogen) atoms. The molecule has 1 nitrogen and oxygen atoms in total. The molecular weight excluding hydrogens is 410 g/mol. The summed E-state index contributed by atoms with van der Waals surface area (Å²) in [5.74, 6) is 0. The Balaban J connectivity index is 1.43. The molecule has 1 heteroatoms. The third-order valence-corrected chi connectivity index (χ3v) is 8.44. The van der Waals surface area contributed by atoms with E-state index in [2.05, 4.69) is 95.6 Å². The second kappa shape index (κ2) is 5.87. The molecule has 5 aromatic carbocycles. The Morgan fingerprint density at radius 3 is 2.09 bits per heavy atom. The van der Waals surface area contributed by atoms with Crippen LogP contribution in [0.25, 0.3) is 49.7 Å². The molecule has 0 bridgehead atoms. The number of para-hydroxylation sites is 2. The molecule has 0 radical (unpaired) electrons. The van der Waals surface area contributed by atoms with Gasteiger partial charge in [0.2, 0.25) is 0 Å². The molecule has 0 saturated carbocycles. The van der Waals surface area contributed by atoms with E-state index in [0.717, 1.165) is 19.3 Å². The van der Waals surface area contributed by atoms with Gasteiger partial charge in [-0.1, -0.05) is 84.9 Å². The summed E-state index contributed by atoms with van der Waals surface area (Å²) in [5.41, 5.74) is 18.7. The highest BCUT2D eigenvalue weighted by Crippen LogP contribution is 2.52. The second-order valence-electron chi connectivity index (χ2n) is 10.1. The van der Waals surface area contributed by atoms with Crippen molar-refractivity contribution in [2.75, 3.05) is 0 Å². The largest absolute Gasteiger partial charge is 0.308 e. The lowest BCUT2D eigenvalue weighted by molar-refractivity contribution is 1.04. The SMILES string of the molecule is c1ccc2c(c1)Cc1ccc3c(c1-2)-c1ccc2c4cccc5c4n(c2c1C3)-c1ccccc1C5. The van der Waals surface area contributed by atoms with E-state index in [4.69, 9.17) is 0 Å². The predicted molar refractivity (Wildman–Crippen MR) is 140 cm³/mol. The Hall–Kier alpha value is -4.10. The number of rotatable bonds is 0. The van der Waals surface area contributed by atoms with E-state index in [9.17, 15) is 0 Å². The van der Waals surface area contributed by atoms with Gasteiger partial charge in [-0.25, -0.2) is 0 Å². The molecule has 2 heterocycles. The van der Waals surface area contributed by atoms with Crippen LogP contribution in [0.4, 0.5) is 0 Å². The molecule has 0 spiro atoms. The Bertz CT molecular complexity index is 1880. The van der Waals surface area contributed by atoms with Gasteiger partial charge in [0, 0.05) is 29.3 Å². The molecule has 1 aromatic heterocycles. The Kier molecular flexibility index (Phi) is 3.00. The van der Waals surface area contributed by atoms with Gasteiger partial charge in [0.05, 0.1) is 11.0 Å². The van der Waals surface area contributed by atoms with Gasteiger partial charge >= 0.3 is 0 Å². The van der Waals surface area contributed by atoms with Crippen molar-refractivity contribution in [1.82, 2.24) is 4.57 Å². The van der Waals surface area contributed by atoms with Crippen molar-refractivity contribution >= 4 is 21.8 Å². The highest BCUT2D eigenvalue weighted by molar-refractivity contribution is 6.14. The highest BCUT2D eigenvalue weighted by Gasteiger charge is 2.32. The van der Waals surface area contributed by atoms with Crippen molar-refractivity contribution in [3.05, 3.63) is 124 Å². The van der Waals surface area contributed by atoms with Crippen LogP contribution in [-0.2, 0) is 19.3 Å². The van der Waals surface area contributed by atoms with Gasteiger partial charge in [0.25, 0.3) is 0 Å². The predicted octanol–water partition coefficient (Wildman–Crippen LogP) is 7.83. The minimum atomic E-state index is 1.01. The van der Waals surface area contributed by atoms with Crippen LogP contribution in [0.15, 0.2) is 91.0 Å². The van der Waals surface area contributed by atoms with Crippen LogP contribution >= 0.6 is 0 Å². The molecule has 0 N–H and O–H groups in total. The van der Waals surface area contributed by atoms with Gasteiger partial charge in [0.1, 0.15) is 0 Å². The molecule has 0 atom stereocenters. The fourth-order valence-electron chi connectivity index (χ4n) is 7.09.